The second-order valence-electron chi connectivity index (χ2n) is 6.55. The summed E-state index contributed by atoms with van der Waals surface area (Å²) in [6.45, 7) is 7.55. The summed E-state index contributed by atoms with van der Waals surface area (Å²) in [5, 5.41) is 14.4. The number of hydrogen-bond donors (Lipinski definition) is 1. The molecule has 0 aliphatic carbocycles. The van der Waals surface area contributed by atoms with Crippen LogP contribution in [0.2, 0.25) is 0 Å². The van der Waals surface area contributed by atoms with Crippen LogP contribution >= 0.6 is 23.1 Å². The number of thioether (sulfide) groups is 1. The van der Waals surface area contributed by atoms with Crippen LogP contribution < -0.4 is 5.32 Å². The molecule has 0 fully saturated rings. The first-order valence-corrected chi connectivity index (χ1v) is 11.4. The Hall–Kier alpha value is -2.12. The minimum Gasteiger partial charge on any atom is -0.355 e. The summed E-state index contributed by atoms with van der Waals surface area (Å²) in [5.74, 6) is 1.22. The van der Waals surface area contributed by atoms with Gasteiger partial charge in [-0.25, -0.2) is 0 Å². The van der Waals surface area contributed by atoms with Gasteiger partial charge in [-0.2, -0.15) is 0 Å². The summed E-state index contributed by atoms with van der Waals surface area (Å²) in [6.07, 6.45) is 0.986. The number of aromatic nitrogens is 3. The van der Waals surface area contributed by atoms with E-state index in [-0.39, 0.29) is 11.2 Å². The third-order valence-electron chi connectivity index (χ3n) is 4.71. The zero-order chi connectivity index (χ0) is 19.9. The summed E-state index contributed by atoms with van der Waals surface area (Å²) in [5.41, 5.74) is 1.26. The maximum Gasteiger partial charge on any atom is 0.233 e. The van der Waals surface area contributed by atoms with Crippen molar-refractivity contribution in [3.8, 4) is 10.7 Å². The number of amides is 1. The summed E-state index contributed by atoms with van der Waals surface area (Å²) in [6, 6.07) is 14.4. The number of carbonyl (C=O) groups excluding carboxylic acids is 1. The van der Waals surface area contributed by atoms with E-state index < -0.39 is 0 Å². The van der Waals surface area contributed by atoms with Crippen LogP contribution in [0.5, 0.6) is 0 Å². The zero-order valence-corrected chi connectivity index (χ0v) is 18.1. The van der Waals surface area contributed by atoms with Crippen LogP contribution in [-0.4, -0.2) is 32.5 Å². The molecule has 3 aromatic rings. The average Bonchev–Trinajstić information content (AvgIpc) is 3.38. The molecular weight excluding hydrogens is 388 g/mol. The van der Waals surface area contributed by atoms with Crippen molar-refractivity contribution in [2.45, 2.75) is 50.1 Å². The molecule has 0 saturated heterocycles. The van der Waals surface area contributed by atoms with E-state index in [1.54, 1.807) is 11.3 Å². The second kappa shape index (κ2) is 9.89. The Balaban J connectivity index is 1.61. The van der Waals surface area contributed by atoms with E-state index in [1.165, 1.54) is 17.3 Å². The Bertz CT molecular complexity index is 877. The highest BCUT2D eigenvalue weighted by molar-refractivity contribution is 8.00. The quantitative estimate of drug-likeness (QED) is 0.510. The van der Waals surface area contributed by atoms with Gasteiger partial charge in [0.2, 0.25) is 5.91 Å². The van der Waals surface area contributed by atoms with E-state index in [4.69, 9.17) is 0 Å². The molecule has 7 heteroatoms. The Labute approximate surface area is 174 Å². The van der Waals surface area contributed by atoms with Crippen molar-refractivity contribution in [1.29, 1.82) is 0 Å². The fourth-order valence-corrected chi connectivity index (χ4v) is 4.71. The molecule has 1 aromatic carbocycles. The number of benzene rings is 1. The standard InChI is InChI=1S/C21H26N4OS2/c1-4-16(17-10-7-6-8-11-17)14-22-20(26)15(3)28-21-24-23-19(25(21)5-2)18-12-9-13-27-18/h6-13,15-16H,4-5,14H2,1-3H3,(H,22,26)/t15-,16+/m1/s1. The fraction of sp³-hybridized carbons (Fsp3) is 0.381. The zero-order valence-electron chi connectivity index (χ0n) is 16.5. The first-order valence-electron chi connectivity index (χ1n) is 9.60. The van der Waals surface area contributed by atoms with Crippen molar-refractivity contribution in [2.24, 2.45) is 0 Å². The molecule has 0 saturated carbocycles. The highest BCUT2D eigenvalue weighted by Gasteiger charge is 2.21. The van der Waals surface area contributed by atoms with Crippen LogP contribution in [0.25, 0.3) is 10.7 Å². The smallest absolute Gasteiger partial charge is 0.233 e. The Kier molecular flexibility index (Phi) is 7.28. The number of carbonyl (C=O) groups is 1. The van der Waals surface area contributed by atoms with E-state index in [0.29, 0.717) is 12.5 Å². The third-order valence-corrected chi connectivity index (χ3v) is 6.66. The van der Waals surface area contributed by atoms with Crippen LogP contribution in [0.15, 0.2) is 53.0 Å². The van der Waals surface area contributed by atoms with Crippen molar-refractivity contribution in [2.75, 3.05) is 6.54 Å². The van der Waals surface area contributed by atoms with E-state index in [9.17, 15) is 4.79 Å². The highest BCUT2D eigenvalue weighted by Crippen LogP contribution is 2.29. The number of hydrogen-bond acceptors (Lipinski definition) is 5. The molecule has 148 valence electrons. The van der Waals surface area contributed by atoms with Crippen LogP contribution in [-0.2, 0) is 11.3 Å². The van der Waals surface area contributed by atoms with Crippen LogP contribution in [0.3, 0.4) is 0 Å². The van der Waals surface area contributed by atoms with Gasteiger partial charge in [-0.05, 0) is 37.3 Å². The molecule has 0 aliphatic rings. The van der Waals surface area contributed by atoms with E-state index in [1.807, 2.05) is 42.6 Å². The Morgan fingerprint density at radius 1 is 1.18 bits per heavy atom. The van der Waals surface area contributed by atoms with E-state index in [2.05, 4.69) is 46.1 Å². The molecule has 3 rings (SSSR count). The van der Waals surface area contributed by atoms with Gasteiger partial charge in [0.05, 0.1) is 10.1 Å². The lowest BCUT2D eigenvalue weighted by Crippen LogP contribution is -2.34. The molecule has 0 bridgehead atoms. The van der Waals surface area contributed by atoms with Crippen LogP contribution in [0, 0.1) is 0 Å². The average molecular weight is 415 g/mol. The molecule has 2 heterocycles. The number of nitrogens with one attached hydrogen (secondary N) is 1. The van der Waals surface area contributed by atoms with Crippen molar-refractivity contribution < 1.29 is 4.79 Å². The lowest BCUT2D eigenvalue weighted by Gasteiger charge is -2.18. The molecule has 2 atom stereocenters. The molecule has 5 nitrogen and oxygen atoms in total. The molecule has 28 heavy (non-hydrogen) atoms. The third kappa shape index (κ3) is 4.83. The Morgan fingerprint density at radius 3 is 2.61 bits per heavy atom. The largest absolute Gasteiger partial charge is 0.355 e. The van der Waals surface area contributed by atoms with Gasteiger partial charge in [-0.15, -0.1) is 21.5 Å². The molecule has 1 N–H and O–H groups in total. The minimum atomic E-state index is -0.237. The summed E-state index contributed by atoms with van der Waals surface area (Å²) < 4.78 is 2.07. The van der Waals surface area contributed by atoms with Crippen molar-refractivity contribution in [3.63, 3.8) is 0 Å². The van der Waals surface area contributed by atoms with Gasteiger partial charge in [-0.3, -0.25) is 4.79 Å². The van der Waals surface area contributed by atoms with Gasteiger partial charge in [-0.1, -0.05) is 55.1 Å². The predicted molar refractivity (Wildman–Crippen MR) is 117 cm³/mol. The maximum atomic E-state index is 12.6. The topological polar surface area (TPSA) is 59.8 Å². The van der Waals surface area contributed by atoms with Crippen molar-refractivity contribution in [3.05, 3.63) is 53.4 Å². The monoisotopic (exact) mass is 414 g/mol. The Morgan fingerprint density at radius 2 is 1.96 bits per heavy atom. The SMILES string of the molecule is CC[C@@H](CNC(=O)[C@@H](C)Sc1nnc(-c2cccs2)n1CC)c1ccccc1. The van der Waals surface area contributed by atoms with Gasteiger partial charge < -0.3 is 9.88 Å². The first kappa shape index (κ1) is 20.6. The minimum absolute atomic E-state index is 0.0303. The molecule has 1 amide bonds. The van der Waals surface area contributed by atoms with Crippen molar-refractivity contribution in [1.82, 2.24) is 20.1 Å². The number of rotatable bonds is 9. The van der Waals surface area contributed by atoms with Crippen LogP contribution in [0.1, 0.15) is 38.7 Å². The van der Waals surface area contributed by atoms with Gasteiger partial charge >= 0.3 is 0 Å². The highest BCUT2D eigenvalue weighted by atomic mass is 32.2. The molecule has 0 radical (unpaired) electrons. The first-order chi connectivity index (χ1) is 13.6. The van der Waals surface area contributed by atoms with Crippen molar-refractivity contribution >= 4 is 29.0 Å². The molecule has 0 aliphatic heterocycles. The summed E-state index contributed by atoms with van der Waals surface area (Å²) in [4.78, 5) is 13.7. The molecule has 0 spiro atoms. The van der Waals surface area contributed by atoms with E-state index in [0.717, 1.165) is 28.8 Å². The van der Waals surface area contributed by atoms with E-state index >= 15 is 0 Å². The van der Waals surface area contributed by atoms with Gasteiger partial charge in [0.15, 0.2) is 11.0 Å². The lowest BCUT2D eigenvalue weighted by atomic mass is 9.96. The van der Waals surface area contributed by atoms with Crippen LogP contribution in [0.4, 0.5) is 0 Å². The fourth-order valence-electron chi connectivity index (χ4n) is 3.05. The van der Waals surface area contributed by atoms with Gasteiger partial charge in [0.25, 0.3) is 0 Å². The maximum absolute atomic E-state index is 12.6. The summed E-state index contributed by atoms with van der Waals surface area (Å²) >= 11 is 3.10. The summed E-state index contributed by atoms with van der Waals surface area (Å²) in [7, 11) is 0. The van der Waals surface area contributed by atoms with Gasteiger partial charge in [0.1, 0.15) is 0 Å². The molecule has 0 unspecified atom stereocenters. The number of thiophene rings is 1. The lowest BCUT2D eigenvalue weighted by molar-refractivity contribution is -0.120. The normalized spacial score (nSPS) is 13.2. The van der Waals surface area contributed by atoms with Gasteiger partial charge in [0, 0.05) is 19.0 Å². The second-order valence-corrected chi connectivity index (χ2v) is 8.80. The predicted octanol–water partition coefficient (Wildman–Crippen LogP) is 4.82. The molecule has 2 aromatic heterocycles. The molecular formula is C21H26N4OS2. The number of nitrogens with zero attached hydrogens (tertiary/aromatic N) is 3.